The second-order valence-electron chi connectivity index (χ2n) is 7.06. The minimum absolute atomic E-state index is 0.0422. The predicted octanol–water partition coefficient (Wildman–Crippen LogP) is 2.79. The number of aryl methyl sites for hydroxylation is 1. The van der Waals surface area contributed by atoms with Crippen molar-refractivity contribution < 1.29 is 18.8 Å². The number of hydrogen-bond acceptors (Lipinski definition) is 5. The van der Waals surface area contributed by atoms with Gasteiger partial charge in [-0.1, -0.05) is 50.1 Å². The lowest BCUT2D eigenvalue weighted by Crippen LogP contribution is -2.48. The van der Waals surface area contributed by atoms with Crippen LogP contribution >= 0.6 is 0 Å². The summed E-state index contributed by atoms with van der Waals surface area (Å²) in [6.07, 6.45) is 3.74. The van der Waals surface area contributed by atoms with Crippen molar-refractivity contribution in [1.29, 1.82) is 0 Å². The van der Waals surface area contributed by atoms with E-state index in [0.29, 0.717) is 24.4 Å². The van der Waals surface area contributed by atoms with Crippen LogP contribution in [0.15, 0.2) is 34.7 Å². The lowest BCUT2D eigenvalue weighted by atomic mass is 10.0. The monoisotopic (exact) mass is 383 g/mol. The number of oxazole rings is 1. The van der Waals surface area contributed by atoms with Crippen molar-refractivity contribution in [2.24, 2.45) is 0 Å². The number of carbonyl (C=O) groups is 3. The van der Waals surface area contributed by atoms with Gasteiger partial charge in [-0.25, -0.2) is 4.98 Å². The van der Waals surface area contributed by atoms with Crippen LogP contribution in [0.1, 0.15) is 55.5 Å². The lowest BCUT2D eigenvalue weighted by molar-refractivity contribution is -0.139. The number of nitrogens with zero attached hydrogens (tertiary/aromatic N) is 1. The molecule has 2 aromatic rings. The fourth-order valence-corrected chi connectivity index (χ4v) is 2.92. The minimum atomic E-state index is -0.889. The molecule has 2 N–H and O–H groups in total. The van der Waals surface area contributed by atoms with Crippen LogP contribution in [0.4, 0.5) is 0 Å². The van der Waals surface area contributed by atoms with Crippen LogP contribution in [0, 0.1) is 6.92 Å². The summed E-state index contributed by atoms with van der Waals surface area (Å²) in [5, 5.41) is 5.37. The fraction of sp³-hybridized carbons (Fsp3) is 0.429. The van der Waals surface area contributed by atoms with Crippen LogP contribution in [-0.4, -0.2) is 34.7 Å². The summed E-state index contributed by atoms with van der Waals surface area (Å²) in [7, 11) is 0. The van der Waals surface area contributed by atoms with Gasteiger partial charge < -0.3 is 15.1 Å². The van der Waals surface area contributed by atoms with Crippen LogP contribution in [0.2, 0.25) is 0 Å². The summed E-state index contributed by atoms with van der Waals surface area (Å²) in [5.74, 6) is -1.41. The summed E-state index contributed by atoms with van der Waals surface area (Å²) in [4.78, 5) is 41.9. The molecule has 1 aromatic heterocycles. The van der Waals surface area contributed by atoms with Crippen LogP contribution in [0.25, 0.3) is 11.3 Å². The summed E-state index contributed by atoms with van der Waals surface area (Å²) in [6, 6.07) is 8.41. The van der Waals surface area contributed by atoms with Gasteiger partial charge in [-0.15, -0.1) is 0 Å². The molecule has 1 unspecified atom stereocenters. The number of rotatable bonds is 9. The summed E-state index contributed by atoms with van der Waals surface area (Å²) in [6.45, 7) is 3.65. The molecule has 1 aliphatic carbocycles. The SMILES string of the molecule is CCCCC(NC(=O)c1oc(C)nc1-c1ccccc1)C(=O)C(=O)NC1CC1. The molecule has 7 nitrogen and oxygen atoms in total. The van der Waals surface area contributed by atoms with Gasteiger partial charge in [0.2, 0.25) is 11.5 Å². The van der Waals surface area contributed by atoms with Crippen LogP contribution in [-0.2, 0) is 9.59 Å². The molecule has 0 aliphatic heterocycles. The molecule has 148 valence electrons. The van der Waals surface area contributed by atoms with Gasteiger partial charge in [-0.2, -0.15) is 0 Å². The van der Waals surface area contributed by atoms with Crippen LogP contribution < -0.4 is 10.6 Å². The van der Waals surface area contributed by atoms with E-state index in [0.717, 1.165) is 24.8 Å². The molecule has 1 fully saturated rings. The number of carbonyl (C=O) groups excluding carboxylic acids is 3. The van der Waals surface area contributed by atoms with Crippen molar-refractivity contribution in [3.05, 3.63) is 42.0 Å². The molecule has 0 spiro atoms. The minimum Gasteiger partial charge on any atom is -0.435 e. The van der Waals surface area contributed by atoms with Gasteiger partial charge in [0.25, 0.3) is 11.8 Å². The molecule has 1 aliphatic rings. The Balaban J connectivity index is 1.78. The van der Waals surface area contributed by atoms with E-state index in [2.05, 4.69) is 15.6 Å². The summed E-state index contributed by atoms with van der Waals surface area (Å²) >= 11 is 0. The average Bonchev–Trinajstić information content (AvgIpc) is 3.43. The van der Waals surface area contributed by atoms with E-state index in [-0.39, 0.29) is 11.8 Å². The van der Waals surface area contributed by atoms with Crippen molar-refractivity contribution in [2.75, 3.05) is 0 Å². The molecule has 0 saturated heterocycles. The first kappa shape index (κ1) is 19.8. The number of Topliss-reactive ketones (excluding diaryl/α,β-unsaturated/α-hetero) is 1. The van der Waals surface area contributed by atoms with E-state index in [1.807, 2.05) is 37.3 Å². The van der Waals surface area contributed by atoms with Gasteiger partial charge in [0.05, 0.1) is 6.04 Å². The molecule has 2 amide bonds. The van der Waals surface area contributed by atoms with E-state index in [9.17, 15) is 14.4 Å². The molecule has 0 bridgehead atoms. The average molecular weight is 383 g/mol. The first-order valence-electron chi connectivity index (χ1n) is 9.68. The Kier molecular flexibility index (Phi) is 6.23. The van der Waals surface area contributed by atoms with Crippen molar-refractivity contribution in [3.63, 3.8) is 0 Å². The van der Waals surface area contributed by atoms with Gasteiger partial charge >= 0.3 is 0 Å². The maximum Gasteiger partial charge on any atom is 0.289 e. The van der Waals surface area contributed by atoms with Crippen LogP contribution in [0.5, 0.6) is 0 Å². The Hall–Kier alpha value is -2.96. The molecular weight excluding hydrogens is 358 g/mol. The molecule has 1 saturated carbocycles. The third kappa shape index (κ3) is 4.85. The van der Waals surface area contributed by atoms with Gasteiger partial charge in [-0.3, -0.25) is 14.4 Å². The van der Waals surface area contributed by atoms with Gasteiger partial charge in [0.15, 0.2) is 5.89 Å². The number of amides is 2. The number of hydrogen-bond donors (Lipinski definition) is 2. The van der Waals surface area contributed by atoms with Crippen molar-refractivity contribution in [2.45, 2.75) is 58.0 Å². The Morgan fingerprint density at radius 2 is 1.93 bits per heavy atom. The molecule has 7 heteroatoms. The molecule has 1 heterocycles. The summed E-state index contributed by atoms with van der Waals surface area (Å²) in [5.41, 5.74) is 1.16. The Bertz CT molecular complexity index is 856. The highest BCUT2D eigenvalue weighted by molar-refractivity contribution is 6.38. The van der Waals surface area contributed by atoms with Gasteiger partial charge in [0, 0.05) is 18.5 Å². The smallest absolute Gasteiger partial charge is 0.289 e. The number of benzene rings is 1. The zero-order valence-corrected chi connectivity index (χ0v) is 16.2. The summed E-state index contributed by atoms with van der Waals surface area (Å²) < 4.78 is 5.52. The first-order chi connectivity index (χ1) is 13.5. The number of nitrogens with one attached hydrogen (secondary N) is 2. The Morgan fingerprint density at radius 3 is 2.57 bits per heavy atom. The third-order valence-electron chi connectivity index (χ3n) is 4.59. The normalized spacial score (nSPS) is 14.4. The van der Waals surface area contributed by atoms with Gasteiger partial charge in [0.1, 0.15) is 5.69 Å². The molecule has 0 radical (unpaired) electrons. The van der Waals surface area contributed by atoms with Crippen molar-refractivity contribution >= 4 is 17.6 Å². The molecule has 1 atom stereocenters. The van der Waals surface area contributed by atoms with Crippen molar-refractivity contribution in [3.8, 4) is 11.3 Å². The largest absolute Gasteiger partial charge is 0.435 e. The number of ketones is 1. The maximum atomic E-state index is 12.9. The number of aromatic nitrogens is 1. The zero-order valence-electron chi connectivity index (χ0n) is 16.2. The van der Waals surface area contributed by atoms with Gasteiger partial charge in [-0.05, 0) is 19.3 Å². The predicted molar refractivity (Wildman–Crippen MR) is 104 cm³/mol. The second kappa shape index (κ2) is 8.82. The number of unbranched alkanes of at least 4 members (excludes halogenated alkanes) is 1. The van der Waals surface area contributed by atoms with Crippen molar-refractivity contribution in [1.82, 2.24) is 15.6 Å². The molecule has 28 heavy (non-hydrogen) atoms. The highest BCUT2D eigenvalue weighted by Gasteiger charge is 2.32. The van der Waals surface area contributed by atoms with E-state index in [1.165, 1.54) is 0 Å². The quantitative estimate of drug-likeness (QED) is 0.649. The zero-order chi connectivity index (χ0) is 20.1. The lowest BCUT2D eigenvalue weighted by Gasteiger charge is -2.16. The van der Waals surface area contributed by atoms with Crippen LogP contribution in [0.3, 0.4) is 0 Å². The topological polar surface area (TPSA) is 101 Å². The highest BCUT2D eigenvalue weighted by atomic mass is 16.4. The van der Waals surface area contributed by atoms with E-state index >= 15 is 0 Å². The Morgan fingerprint density at radius 1 is 1.21 bits per heavy atom. The molecule has 1 aromatic carbocycles. The van der Waals surface area contributed by atoms with E-state index in [1.54, 1.807) is 6.92 Å². The van der Waals surface area contributed by atoms with E-state index < -0.39 is 23.6 Å². The fourth-order valence-electron chi connectivity index (χ4n) is 2.92. The molecule has 3 rings (SSSR count). The maximum absolute atomic E-state index is 12.9. The standard InChI is InChI=1S/C21H25N3O4/c1-3-4-10-16(18(25)20(26)23-15-11-12-15)24-21(27)19-17(22-13(2)28-19)14-8-6-5-7-9-14/h5-9,15-16H,3-4,10-12H2,1-2H3,(H,23,26)(H,24,27). The highest BCUT2D eigenvalue weighted by Crippen LogP contribution is 2.24. The second-order valence-corrected chi connectivity index (χ2v) is 7.06. The third-order valence-corrected chi connectivity index (χ3v) is 4.59. The Labute approximate surface area is 163 Å². The van der Waals surface area contributed by atoms with E-state index in [4.69, 9.17) is 4.42 Å². The molecular formula is C21H25N3O4. The first-order valence-corrected chi connectivity index (χ1v) is 9.68.